The number of carbonyl (C=O) groups is 2. The van der Waals surface area contributed by atoms with Gasteiger partial charge in [0.2, 0.25) is 5.91 Å². The van der Waals surface area contributed by atoms with Crippen LogP contribution in [0.15, 0.2) is 55.1 Å². The van der Waals surface area contributed by atoms with E-state index in [0.29, 0.717) is 38.3 Å². The zero-order chi connectivity index (χ0) is 22.6. The highest BCUT2D eigenvalue weighted by Crippen LogP contribution is 2.19. The molecule has 4 heteroatoms. The van der Waals surface area contributed by atoms with E-state index in [1.54, 1.807) is 6.08 Å². The minimum Gasteiger partial charge on any atom is -0.465 e. The van der Waals surface area contributed by atoms with Crippen LogP contribution in [0.4, 0.5) is 0 Å². The second-order valence-electron chi connectivity index (χ2n) is 8.41. The van der Waals surface area contributed by atoms with Crippen molar-refractivity contribution in [2.24, 2.45) is 5.92 Å². The lowest BCUT2D eigenvalue weighted by Crippen LogP contribution is -2.22. The monoisotopic (exact) mass is 421 g/mol. The summed E-state index contributed by atoms with van der Waals surface area (Å²) in [6.07, 6.45) is 4.61. The summed E-state index contributed by atoms with van der Waals surface area (Å²) >= 11 is 0. The lowest BCUT2D eigenvalue weighted by molar-refractivity contribution is -0.145. The first-order valence-corrected chi connectivity index (χ1v) is 11.1. The zero-order valence-electron chi connectivity index (χ0n) is 19.0. The van der Waals surface area contributed by atoms with Gasteiger partial charge in [0.15, 0.2) is 0 Å². The summed E-state index contributed by atoms with van der Waals surface area (Å²) in [4.78, 5) is 24.3. The van der Waals surface area contributed by atoms with Crippen LogP contribution < -0.4 is 5.32 Å². The van der Waals surface area contributed by atoms with Gasteiger partial charge in [0.1, 0.15) is 0 Å². The third-order valence-corrected chi connectivity index (χ3v) is 5.22. The Kier molecular flexibility index (Phi) is 10.0. The molecule has 0 aliphatic carbocycles. The molecule has 0 spiro atoms. The first-order valence-electron chi connectivity index (χ1n) is 11.1. The van der Waals surface area contributed by atoms with E-state index >= 15 is 0 Å². The number of unbranched alkanes of at least 4 members (excludes halogenated alkanes) is 1. The molecule has 1 N–H and O–H groups in total. The van der Waals surface area contributed by atoms with E-state index in [1.807, 2.05) is 43.3 Å². The fourth-order valence-electron chi connectivity index (χ4n) is 3.30. The molecule has 0 saturated carbocycles. The maximum absolute atomic E-state index is 12.3. The van der Waals surface area contributed by atoms with Crippen molar-refractivity contribution >= 4 is 18.0 Å². The summed E-state index contributed by atoms with van der Waals surface area (Å²) in [6.45, 7) is 10.8. The van der Waals surface area contributed by atoms with Gasteiger partial charge in [-0.2, -0.15) is 0 Å². The van der Waals surface area contributed by atoms with Crippen LogP contribution in [0.5, 0.6) is 0 Å². The molecule has 0 bridgehead atoms. The van der Waals surface area contributed by atoms with Crippen LogP contribution in [0, 0.1) is 5.92 Å². The molecule has 1 amide bonds. The Morgan fingerprint density at radius 2 is 1.61 bits per heavy atom. The number of carbonyl (C=O) groups excluding carboxylic acids is 2. The van der Waals surface area contributed by atoms with E-state index in [0.717, 1.165) is 23.1 Å². The zero-order valence-corrected chi connectivity index (χ0v) is 19.0. The lowest BCUT2D eigenvalue weighted by Gasteiger charge is -2.13. The summed E-state index contributed by atoms with van der Waals surface area (Å²) < 4.78 is 5.41. The maximum Gasteiger partial charge on any atom is 0.313 e. The number of amides is 1. The van der Waals surface area contributed by atoms with E-state index in [-0.39, 0.29) is 17.8 Å². The fraction of sp³-hybridized carbons (Fsp3) is 0.407. The van der Waals surface area contributed by atoms with Gasteiger partial charge in [-0.3, -0.25) is 9.59 Å². The number of esters is 1. The molecule has 2 aromatic carbocycles. The van der Waals surface area contributed by atoms with Crippen LogP contribution in [0.2, 0.25) is 0 Å². The van der Waals surface area contributed by atoms with Gasteiger partial charge in [-0.15, -0.1) is 0 Å². The minimum absolute atomic E-state index is 0.00831. The van der Waals surface area contributed by atoms with E-state index in [2.05, 4.69) is 37.9 Å². The van der Waals surface area contributed by atoms with Crippen LogP contribution in [0.25, 0.3) is 6.08 Å². The molecule has 0 radical (unpaired) electrons. The van der Waals surface area contributed by atoms with Gasteiger partial charge in [0.25, 0.3) is 0 Å². The maximum atomic E-state index is 12.3. The average Bonchev–Trinajstić information content (AvgIpc) is 2.77. The van der Waals surface area contributed by atoms with Crippen molar-refractivity contribution in [3.8, 4) is 0 Å². The average molecular weight is 422 g/mol. The molecule has 2 aromatic rings. The standard InChI is InChI=1S/C27H35NO3/c1-5-22-9-11-24(12-10-22)19-28-26(29)8-6-7-17-31-27(30)21(4)25-15-13-23(14-16-25)18-20(2)3/h5,9-16,20-21H,1,6-8,17-19H2,2-4H3,(H,28,29). The Morgan fingerprint density at radius 3 is 2.23 bits per heavy atom. The molecule has 31 heavy (non-hydrogen) atoms. The van der Waals surface area contributed by atoms with Crippen molar-refractivity contribution in [2.45, 2.75) is 58.9 Å². The van der Waals surface area contributed by atoms with Gasteiger partial charge in [0.05, 0.1) is 12.5 Å². The summed E-state index contributed by atoms with van der Waals surface area (Å²) in [7, 11) is 0. The second-order valence-corrected chi connectivity index (χ2v) is 8.41. The molecule has 0 aliphatic rings. The van der Waals surface area contributed by atoms with Gasteiger partial charge in [-0.1, -0.05) is 75.0 Å². The van der Waals surface area contributed by atoms with Crippen molar-refractivity contribution in [2.75, 3.05) is 6.61 Å². The molecule has 1 unspecified atom stereocenters. The Balaban J connectivity index is 1.62. The Morgan fingerprint density at radius 1 is 0.968 bits per heavy atom. The van der Waals surface area contributed by atoms with Crippen molar-refractivity contribution in [1.29, 1.82) is 0 Å². The van der Waals surface area contributed by atoms with Gasteiger partial charge in [-0.05, 0) is 54.4 Å². The molecular weight excluding hydrogens is 386 g/mol. The Bertz CT molecular complexity index is 838. The highest BCUT2D eigenvalue weighted by atomic mass is 16.5. The summed E-state index contributed by atoms with van der Waals surface area (Å²) in [5.74, 6) is 0.112. The molecule has 4 nitrogen and oxygen atoms in total. The summed E-state index contributed by atoms with van der Waals surface area (Å²) in [5.41, 5.74) is 4.37. The molecular formula is C27H35NO3. The fourth-order valence-corrected chi connectivity index (χ4v) is 3.30. The molecule has 0 heterocycles. The third kappa shape index (κ3) is 8.79. The van der Waals surface area contributed by atoms with Crippen LogP contribution in [0.3, 0.4) is 0 Å². The second kappa shape index (κ2) is 12.7. The van der Waals surface area contributed by atoms with Gasteiger partial charge < -0.3 is 10.1 Å². The van der Waals surface area contributed by atoms with E-state index in [9.17, 15) is 9.59 Å². The Hall–Kier alpha value is -2.88. The topological polar surface area (TPSA) is 55.4 Å². The third-order valence-electron chi connectivity index (χ3n) is 5.22. The van der Waals surface area contributed by atoms with Gasteiger partial charge >= 0.3 is 5.97 Å². The van der Waals surface area contributed by atoms with Crippen LogP contribution in [0.1, 0.15) is 68.2 Å². The molecule has 0 saturated heterocycles. The molecule has 1 atom stereocenters. The number of benzene rings is 2. The lowest BCUT2D eigenvalue weighted by atomic mass is 9.97. The highest BCUT2D eigenvalue weighted by Gasteiger charge is 2.16. The van der Waals surface area contributed by atoms with E-state index in [4.69, 9.17) is 4.74 Å². The van der Waals surface area contributed by atoms with Crippen molar-refractivity contribution in [3.63, 3.8) is 0 Å². The molecule has 0 fully saturated rings. The molecule has 0 aromatic heterocycles. The number of hydrogen-bond donors (Lipinski definition) is 1. The van der Waals surface area contributed by atoms with Crippen molar-refractivity contribution < 1.29 is 14.3 Å². The van der Waals surface area contributed by atoms with Crippen LogP contribution in [-0.4, -0.2) is 18.5 Å². The number of rotatable bonds is 12. The smallest absolute Gasteiger partial charge is 0.313 e. The van der Waals surface area contributed by atoms with Crippen LogP contribution in [-0.2, 0) is 27.3 Å². The molecule has 166 valence electrons. The predicted octanol–water partition coefficient (Wildman–Crippen LogP) is 5.66. The number of nitrogens with one attached hydrogen (secondary N) is 1. The minimum atomic E-state index is -0.288. The predicted molar refractivity (Wildman–Crippen MR) is 127 cm³/mol. The first kappa shape index (κ1) is 24.4. The number of hydrogen-bond acceptors (Lipinski definition) is 3. The summed E-state index contributed by atoms with van der Waals surface area (Å²) in [5, 5.41) is 2.92. The summed E-state index contributed by atoms with van der Waals surface area (Å²) in [6, 6.07) is 16.1. The quantitative estimate of drug-likeness (QED) is 0.355. The Labute approximate surface area is 186 Å². The molecule has 0 aliphatic heterocycles. The van der Waals surface area contributed by atoms with Crippen molar-refractivity contribution in [1.82, 2.24) is 5.32 Å². The van der Waals surface area contributed by atoms with Gasteiger partial charge in [-0.25, -0.2) is 0 Å². The van der Waals surface area contributed by atoms with E-state index in [1.165, 1.54) is 5.56 Å². The van der Waals surface area contributed by atoms with Gasteiger partial charge in [0, 0.05) is 13.0 Å². The van der Waals surface area contributed by atoms with Crippen LogP contribution >= 0.6 is 0 Å². The SMILES string of the molecule is C=Cc1ccc(CNC(=O)CCCCOC(=O)C(C)c2ccc(CC(C)C)cc2)cc1. The number of ether oxygens (including phenoxy) is 1. The largest absolute Gasteiger partial charge is 0.465 e. The van der Waals surface area contributed by atoms with Crippen molar-refractivity contribution in [3.05, 3.63) is 77.4 Å². The normalized spacial score (nSPS) is 11.7. The first-order chi connectivity index (χ1) is 14.9. The highest BCUT2D eigenvalue weighted by molar-refractivity contribution is 5.77. The molecule has 2 rings (SSSR count). The van der Waals surface area contributed by atoms with E-state index < -0.39 is 0 Å².